The molecule has 1 N–H and O–H groups in total. The molecule has 0 unspecified atom stereocenters. The van der Waals surface area contributed by atoms with Crippen molar-refractivity contribution in [2.75, 3.05) is 23.7 Å². The Morgan fingerprint density at radius 2 is 1.54 bits per heavy atom. The third kappa shape index (κ3) is 8.46. The van der Waals surface area contributed by atoms with Gasteiger partial charge in [0.25, 0.3) is 0 Å². The second-order valence-corrected chi connectivity index (χ2v) is 12.0. The number of aryl methyl sites for hydroxylation is 1. The zero-order valence-corrected chi connectivity index (χ0v) is 24.6. The van der Waals surface area contributed by atoms with Crippen molar-refractivity contribution in [2.24, 2.45) is 0 Å². The van der Waals surface area contributed by atoms with Crippen LogP contribution in [0, 0.1) is 6.92 Å². The number of amides is 2. The van der Waals surface area contributed by atoms with Gasteiger partial charge in [-0.3, -0.25) is 13.9 Å². The van der Waals surface area contributed by atoms with Gasteiger partial charge in [-0.2, -0.15) is 0 Å². The number of halogens is 2. The molecule has 39 heavy (non-hydrogen) atoms. The maximum atomic E-state index is 14.0. The third-order valence-corrected chi connectivity index (χ3v) is 8.06. The SMILES string of the molecule is CCCNC(=O)[C@@H](Cc1ccccc1)N(Cc1c(Cl)cccc1Cl)C(=O)CN(c1ccc(C)cc1)S(C)(=O)=O. The summed E-state index contributed by atoms with van der Waals surface area (Å²) in [6.45, 7) is 3.66. The van der Waals surface area contributed by atoms with Gasteiger partial charge >= 0.3 is 0 Å². The van der Waals surface area contributed by atoms with Gasteiger partial charge < -0.3 is 10.2 Å². The number of sulfonamides is 1. The minimum atomic E-state index is -3.83. The molecule has 1 atom stereocenters. The van der Waals surface area contributed by atoms with Gasteiger partial charge in [-0.1, -0.05) is 84.2 Å². The van der Waals surface area contributed by atoms with E-state index in [1.165, 1.54) is 4.90 Å². The molecule has 0 bridgehead atoms. The first kappa shape index (κ1) is 30.5. The summed E-state index contributed by atoms with van der Waals surface area (Å²) in [4.78, 5) is 28.9. The summed E-state index contributed by atoms with van der Waals surface area (Å²) in [6, 6.07) is 20.2. The summed E-state index contributed by atoms with van der Waals surface area (Å²) in [5.74, 6) is -0.914. The molecular formula is C29H33Cl2N3O4S. The first-order chi connectivity index (χ1) is 18.5. The van der Waals surface area contributed by atoms with Crippen LogP contribution in [0.4, 0.5) is 5.69 Å². The predicted octanol–water partition coefficient (Wildman–Crippen LogP) is 5.23. The van der Waals surface area contributed by atoms with Crippen LogP contribution in [0.15, 0.2) is 72.8 Å². The van der Waals surface area contributed by atoms with Crippen LogP contribution >= 0.6 is 23.2 Å². The number of carbonyl (C=O) groups is 2. The van der Waals surface area contributed by atoms with Gasteiger partial charge in [-0.15, -0.1) is 0 Å². The minimum absolute atomic E-state index is 0.0834. The van der Waals surface area contributed by atoms with Crippen LogP contribution < -0.4 is 9.62 Å². The molecule has 208 valence electrons. The van der Waals surface area contributed by atoms with Crippen molar-refractivity contribution in [3.8, 4) is 0 Å². The first-order valence-corrected chi connectivity index (χ1v) is 15.2. The summed E-state index contributed by atoms with van der Waals surface area (Å²) in [7, 11) is -3.83. The standard InChI is InChI=1S/C29H33Cl2N3O4S/c1-4-17-32-29(36)27(18-22-9-6-5-7-10-22)33(19-24-25(30)11-8-12-26(24)31)28(35)20-34(39(3,37)38)23-15-13-21(2)14-16-23/h5-16,27H,4,17-20H2,1-3H3,(H,32,36)/t27-/m1/s1. The second-order valence-electron chi connectivity index (χ2n) is 9.32. The lowest BCUT2D eigenvalue weighted by atomic mass is 10.0. The van der Waals surface area contributed by atoms with Crippen LogP contribution in [0.5, 0.6) is 0 Å². The fraction of sp³-hybridized carbons (Fsp3) is 0.310. The van der Waals surface area contributed by atoms with Crippen LogP contribution in [0.1, 0.15) is 30.0 Å². The monoisotopic (exact) mass is 589 g/mol. The maximum Gasteiger partial charge on any atom is 0.244 e. The molecule has 0 aliphatic heterocycles. The highest BCUT2D eigenvalue weighted by Gasteiger charge is 2.33. The van der Waals surface area contributed by atoms with E-state index < -0.39 is 28.5 Å². The zero-order chi connectivity index (χ0) is 28.6. The lowest BCUT2D eigenvalue weighted by Gasteiger charge is -2.34. The van der Waals surface area contributed by atoms with Gasteiger partial charge in [0.1, 0.15) is 12.6 Å². The molecule has 0 aliphatic rings. The molecule has 0 spiro atoms. The Morgan fingerprint density at radius 1 is 0.923 bits per heavy atom. The van der Waals surface area contributed by atoms with E-state index in [0.29, 0.717) is 34.3 Å². The minimum Gasteiger partial charge on any atom is -0.354 e. The van der Waals surface area contributed by atoms with Crippen molar-refractivity contribution in [2.45, 2.75) is 39.3 Å². The van der Waals surface area contributed by atoms with Gasteiger partial charge in [0.05, 0.1) is 11.9 Å². The van der Waals surface area contributed by atoms with E-state index in [0.717, 1.165) is 21.7 Å². The van der Waals surface area contributed by atoms with E-state index in [4.69, 9.17) is 23.2 Å². The Kier molecular flexibility index (Phi) is 10.8. The smallest absolute Gasteiger partial charge is 0.244 e. The van der Waals surface area contributed by atoms with Gasteiger partial charge in [-0.25, -0.2) is 8.42 Å². The van der Waals surface area contributed by atoms with Gasteiger partial charge in [0.2, 0.25) is 21.8 Å². The van der Waals surface area contributed by atoms with Gasteiger partial charge in [-0.05, 0) is 43.2 Å². The molecule has 0 radical (unpaired) electrons. The molecule has 0 saturated heterocycles. The van der Waals surface area contributed by atoms with E-state index >= 15 is 0 Å². The molecule has 0 aromatic heterocycles. The highest BCUT2D eigenvalue weighted by atomic mass is 35.5. The van der Waals surface area contributed by atoms with Crippen LogP contribution in [0.3, 0.4) is 0 Å². The van der Waals surface area contributed by atoms with Crippen LogP contribution in [-0.2, 0) is 32.6 Å². The largest absolute Gasteiger partial charge is 0.354 e. The summed E-state index contributed by atoms with van der Waals surface area (Å²) in [5, 5.41) is 3.57. The highest BCUT2D eigenvalue weighted by molar-refractivity contribution is 7.92. The van der Waals surface area contributed by atoms with Crippen molar-refractivity contribution in [1.29, 1.82) is 0 Å². The molecule has 0 saturated carbocycles. The lowest BCUT2D eigenvalue weighted by molar-refractivity contribution is -0.140. The second kappa shape index (κ2) is 13.8. The molecule has 3 aromatic rings. The first-order valence-electron chi connectivity index (χ1n) is 12.6. The Labute approximate surface area is 240 Å². The Hall–Kier alpha value is -3.07. The van der Waals surface area contributed by atoms with E-state index in [2.05, 4.69) is 5.32 Å². The number of rotatable bonds is 12. The molecule has 0 aliphatic carbocycles. The lowest BCUT2D eigenvalue weighted by Crippen LogP contribution is -2.53. The average Bonchev–Trinajstić information content (AvgIpc) is 2.89. The molecule has 0 fully saturated rings. The molecule has 0 heterocycles. The van der Waals surface area contributed by atoms with Crippen molar-refractivity contribution in [3.05, 3.63) is 99.5 Å². The number of nitrogens with zero attached hydrogens (tertiary/aromatic N) is 2. The number of anilines is 1. The van der Waals surface area contributed by atoms with E-state index in [1.807, 2.05) is 44.2 Å². The summed E-state index contributed by atoms with van der Waals surface area (Å²) in [6.07, 6.45) is 1.97. The van der Waals surface area contributed by atoms with E-state index in [1.54, 1.807) is 42.5 Å². The molecule has 2 amide bonds. The van der Waals surface area contributed by atoms with Crippen LogP contribution in [-0.4, -0.2) is 50.5 Å². The number of hydrogen-bond acceptors (Lipinski definition) is 4. The quantitative estimate of drug-likeness (QED) is 0.313. The van der Waals surface area contributed by atoms with Crippen molar-refractivity contribution in [1.82, 2.24) is 10.2 Å². The topological polar surface area (TPSA) is 86.8 Å². The third-order valence-electron chi connectivity index (χ3n) is 6.21. The number of benzene rings is 3. The number of nitrogens with one attached hydrogen (secondary N) is 1. The molecule has 7 nitrogen and oxygen atoms in total. The highest BCUT2D eigenvalue weighted by Crippen LogP contribution is 2.28. The predicted molar refractivity (Wildman–Crippen MR) is 158 cm³/mol. The molecule has 3 rings (SSSR count). The van der Waals surface area contributed by atoms with Crippen LogP contribution in [0.25, 0.3) is 0 Å². The maximum absolute atomic E-state index is 14.0. The summed E-state index contributed by atoms with van der Waals surface area (Å²) in [5.41, 5.74) is 2.61. The number of hydrogen-bond donors (Lipinski definition) is 1. The van der Waals surface area contributed by atoms with Gasteiger partial charge in [0, 0.05) is 35.1 Å². The Bertz CT molecular complexity index is 1360. The van der Waals surface area contributed by atoms with Crippen molar-refractivity contribution < 1.29 is 18.0 Å². The fourth-order valence-corrected chi connectivity index (χ4v) is 5.47. The van der Waals surface area contributed by atoms with Crippen LogP contribution in [0.2, 0.25) is 10.0 Å². The summed E-state index contributed by atoms with van der Waals surface area (Å²) >= 11 is 12.9. The molecule has 3 aromatic carbocycles. The van der Waals surface area contributed by atoms with Crippen molar-refractivity contribution in [3.63, 3.8) is 0 Å². The van der Waals surface area contributed by atoms with E-state index in [-0.39, 0.29) is 18.9 Å². The number of carbonyl (C=O) groups excluding carboxylic acids is 2. The van der Waals surface area contributed by atoms with Crippen molar-refractivity contribution >= 4 is 50.7 Å². The average molecular weight is 591 g/mol. The Morgan fingerprint density at radius 3 is 2.10 bits per heavy atom. The Balaban J connectivity index is 2.08. The molecule has 10 heteroatoms. The normalized spacial score (nSPS) is 12.0. The van der Waals surface area contributed by atoms with E-state index in [9.17, 15) is 18.0 Å². The van der Waals surface area contributed by atoms with Gasteiger partial charge in [0.15, 0.2) is 0 Å². The fourth-order valence-electron chi connectivity index (χ4n) is 4.10. The zero-order valence-electron chi connectivity index (χ0n) is 22.2. The molecular weight excluding hydrogens is 557 g/mol. The summed E-state index contributed by atoms with van der Waals surface area (Å²) < 4.78 is 26.7.